The second-order valence-corrected chi connectivity index (χ2v) is 8.47. The van der Waals surface area contributed by atoms with Crippen LogP contribution in [0.5, 0.6) is 0 Å². The van der Waals surface area contributed by atoms with Gasteiger partial charge in [-0.3, -0.25) is 9.59 Å². The summed E-state index contributed by atoms with van der Waals surface area (Å²) in [5.41, 5.74) is 1.39. The lowest BCUT2D eigenvalue weighted by molar-refractivity contribution is -0.140. The highest BCUT2D eigenvalue weighted by Gasteiger charge is 2.41. The van der Waals surface area contributed by atoms with Crippen molar-refractivity contribution in [1.82, 2.24) is 0 Å². The predicted octanol–water partition coefficient (Wildman–Crippen LogP) is 4.66. The number of benzene rings is 1. The maximum absolute atomic E-state index is 12.7. The molecule has 1 N–H and O–H groups in total. The molecule has 0 amide bonds. The van der Waals surface area contributed by atoms with Gasteiger partial charge in [0.15, 0.2) is 0 Å². The van der Waals surface area contributed by atoms with Crippen molar-refractivity contribution in [2.75, 3.05) is 7.11 Å². The molecule has 1 aromatic carbocycles. The fourth-order valence-corrected chi connectivity index (χ4v) is 4.60. The van der Waals surface area contributed by atoms with Gasteiger partial charge in [0.05, 0.1) is 12.7 Å². The van der Waals surface area contributed by atoms with Crippen molar-refractivity contribution in [2.45, 2.75) is 69.8 Å². The molecular weight excluding hydrogens is 352 g/mol. The van der Waals surface area contributed by atoms with Crippen LogP contribution in [0.4, 0.5) is 0 Å². The smallest absolute Gasteiger partial charge is 0.305 e. The van der Waals surface area contributed by atoms with E-state index in [9.17, 15) is 14.7 Å². The van der Waals surface area contributed by atoms with E-state index in [2.05, 4.69) is 23.8 Å². The van der Waals surface area contributed by atoms with Crippen LogP contribution in [0.15, 0.2) is 36.4 Å². The average Bonchev–Trinajstić information content (AvgIpc) is 2.95. The van der Waals surface area contributed by atoms with Crippen molar-refractivity contribution in [1.29, 1.82) is 0 Å². The molecule has 2 saturated carbocycles. The number of unbranched alkanes of at least 4 members (excludes halogenated alkanes) is 1. The highest BCUT2D eigenvalue weighted by molar-refractivity contribution is 5.88. The average molecular weight is 385 g/mol. The monoisotopic (exact) mass is 384 g/mol. The molecule has 0 spiro atoms. The minimum atomic E-state index is -0.655. The molecule has 0 radical (unpaired) electrons. The first-order chi connectivity index (χ1) is 13.4. The lowest BCUT2D eigenvalue weighted by Crippen LogP contribution is -2.33. The second-order valence-electron chi connectivity index (χ2n) is 8.47. The fraction of sp³-hybridized carbons (Fsp3) is 0.583. The third kappa shape index (κ3) is 4.54. The van der Waals surface area contributed by atoms with Crippen molar-refractivity contribution in [2.24, 2.45) is 11.8 Å². The SMILES string of the molecule is COC(=O)CCC/C=C\C[C@H]1[C@H](C)CC(=O)[C@@H]1c1ccc(C2(O)CCC2)cc1. The van der Waals surface area contributed by atoms with E-state index in [1.54, 1.807) is 0 Å². The molecule has 3 rings (SSSR count). The van der Waals surface area contributed by atoms with E-state index in [0.29, 0.717) is 30.5 Å². The molecule has 2 aliphatic carbocycles. The Balaban J connectivity index is 1.60. The number of ketones is 1. The normalized spacial score (nSPS) is 26.4. The molecule has 2 fully saturated rings. The number of hydrogen-bond acceptors (Lipinski definition) is 4. The zero-order valence-electron chi connectivity index (χ0n) is 17.0. The van der Waals surface area contributed by atoms with Crippen molar-refractivity contribution < 1.29 is 19.4 Å². The molecule has 28 heavy (non-hydrogen) atoms. The summed E-state index contributed by atoms with van der Waals surface area (Å²) in [6, 6.07) is 8.09. The molecule has 0 bridgehead atoms. The van der Waals surface area contributed by atoms with Gasteiger partial charge in [0.2, 0.25) is 0 Å². The molecule has 2 aliphatic rings. The Morgan fingerprint density at radius 1 is 1.25 bits per heavy atom. The van der Waals surface area contributed by atoms with Gasteiger partial charge in [0.25, 0.3) is 0 Å². The lowest BCUT2D eigenvalue weighted by Gasteiger charge is -2.37. The maximum atomic E-state index is 12.7. The van der Waals surface area contributed by atoms with Crippen LogP contribution in [0.25, 0.3) is 0 Å². The van der Waals surface area contributed by atoms with Crippen molar-refractivity contribution in [3.05, 3.63) is 47.5 Å². The Morgan fingerprint density at radius 2 is 1.96 bits per heavy atom. The van der Waals surface area contributed by atoms with Crippen LogP contribution in [0.2, 0.25) is 0 Å². The number of methoxy groups -OCH3 is 1. The largest absolute Gasteiger partial charge is 0.469 e. The second kappa shape index (κ2) is 9.04. The van der Waals surface area contributed by atoms with E-state index in [-0.39, 0.29) is 11.9 Å². The van der Waals surface area contributed by atoms with Gasteiger partial charge >= 0.3 is 5.97 Å². The molecule has 152 valence electrons. The van der Waals surface area contributed by atoms with E-state index in [0.717, 1.165) is 49.7 Å². The quantitative estimate of drug-likeness (QED) is 0.402. The van der Waals surface area contributed by atoms with Gasteiger partial charge < -0.3 is 9.84 Å². The summed E-state index contributed by atoms with van der Waals surface area (Å²) in [4.78, 5) is 23.8. The van der Waals surface area contributed by atoms with E-state index >= 15 is 0 Å². The molecular formula is C24H32O4. The first kappa shape index (κ1) is 20.8. The summed E-state index contributed by atoms with van der Waals surface area (Å²) in [6.45, 7) is 2.17. The summed E-state index contributed by atoms with van der Waals surface area (Å²) in [5, 5.41) is 10.5. The number of allylic oxidation sites excluding steroid dienone is 2. The Labute approximate surface area is 168 Å². The van der Waals surface area contributed by atoms with Crippen LogP contribution in [-0.2, 0) is 19.9 Å². The van der Waals surface area contributed by atoms with E-state index in [1.807, 2.05) is 24.3 Å². The highest BCUT2D eigenvalue weighted by atomic mass is 16.5. The number of Topliss-reactive ketones (excluding diaryl/α,β-unsaturated/α-hetero) is 1. The summed E-state index contributed by atoms with van der Waals surface area (Å²) in [7, 11) is 1.41. The van der Waals surface area contributed by atoms with Gasteiger partial charge in [-0.05, 0) is 61.5 Å². The van der Waals surface area contributed by atoms with Crippen LogP contribution in [-0.4, -0.2) is 24.0 Å². The molecule has 4 nitrogen and oxygen atoms in total. The highest BCUT2D eigenvalue weighted by Crippen LogP contribution is 2.45. The number of hydrogen-bond donors (Lipinski definition) is 1. The Hall–Kier alpha value is -1.94. The minimum absolute atomic E-state index is 0.0557. The number of carbonyl (C=O) groups excluding carboxylic acids is 2. The summed E-state index contributed by atoms with van der Waals surface area (Å²) >= 11 is 0. The predicted molar refractivity (Wildman–Crippen MR) is 109 cm³/mol. The molecule has 4 heteroatoms. The zero-order chi connectivity index (χ0) is 20.1. The van der Waals surface area contributed by atoms with Crippen LogP contribution in [0.3, 0.4) is 0 Å². The third-order valence-corrected chi connectivity index (χ3v) is 6.57. The summed E-state index contributed by atoms with van der Waals surface area (Å²) in [6.07, 6.45) is 10.6. The Morgan fingerprint density at radius 3 is 2.57 bits per heavy atom. The molecule has 0 aliphatic heterocycles. The van der Waals surface area contributed by atoms with Crippen molar-refractivity contribution in [3.63, 3.8) is 0 Å². The minimum Gasteiger partial charge on any atom is -0.469 e. The van der Waals surface area contributed by atoms with Gasteiger partial charge in [-0.15, -0.1) is 0 Å². The zero-order valence-corrected chi connectivity index (χ0v) is 17.0. The third-order valence-electron chi connectivity index (χ3n) is 6.57. The molecule has 0 aromatic heterocycles. The van der Waals surface area contributed by atoms with Gasteiger partial charge in [0, 0.05) is 18.8 Å². The number of carbonyl (C=O) groups is 2. The van der Waals surface area contributed by atoms with Crippen molar-refractivity contribution >= 4 is 11.8 Å². The topological polar surface area (TPSA) is 63.6 Å². The van der Waals surface area contributed by atoms with Gasteiger partial charge in [-0.2, -0.15) is 0 Å². The molecule has 0 heterocycles. The summed E-state index contributed by atoms with van der Waals surface area (Å²) < 4.78 is 4.65. The van der Waals surface area contributed by atoms with Gasteiger partial charge in [-0.1, -0.05) is 43.3 Å². The number of rotatable bonds is 8. The first-order valence-electron chi connectivity index (χ1n) is 10.5. The first-order valence-corrected chi connectivity index (χ1v) is 10.5. The van der Waals surface area contributed by atoms with Crippen LogP contribution >= 0.6 is 0 Å². The lowest BCUT2D eigenvalue weighted by atomic mass is 9.74. The van der Waals surface area contributed by atoms with Crippen LogP contribution in [0.1, 0.15) is 75.3 Å². The van der Waals surface area contributed by atoms with E-state index in [4.69, 9.17) is 0 Å². The maximum Gasteiger partial charge on any atom is 0.305 e. The number of esters is 1. The van der Waals surface area contributed by atoms with E-state index in [1.165, 1.54) is 7.11 Å². The molecule has 0 saturated heterocycles. The fourth-order valence-electron chi connectivity index (χ4n) is 4.60. The Bertz CT molecular complexity index is 715. The molecule has 0 unspecified atom stereocenters. The van der Waals surface area contributed by atoms with Crippen LogP contribution in [0, 0.1) is 11.8 Å². The van der Waals surface area contributed by atoms with Gasteiger partial charge in [0.1, 0.15) is 5.78 Å². The Kier molecular flexibility index (Phi) is 6.71. The number of aliphatic hydroxyl groups is 1. The summed E-state index contributed by atoms with van der Waals surface area (Å²) in [5.74, 6) is 0.777. The number of ether oxygens (including phenoxy) is 1. The van der Waals surface area contributed by atoms with Crippen LogP contribution < -0.4 is 0 Å². The standard InChI is InChI=1S/C24H32O4/c1-17-16-21(25)23(20(17)8-5-3-4-6-9-22(26)28-2)18-10-12-19(13-11-18)24(27)14-7-15-24/h3,5,10-13,17,20,23,27H,4,6-9,14-16H2,1-2H3/b5-3-/t17-,20+,23-/m1/s1. The molecule has 1 aromatic rings. The van der Waals surface area contributed by atoms with Crippen molar-refractivity contribution in [3.8, 4) is 0 Å². The molecule has 3 atom stereocenters. The van der Waals surface area contributed by atoms with E-state index < -0.39 is 5.60 Å². The van der Waals surface area contributed by atoms with Gasteiger partial charge in [-0.25, -0.2) is 0 Å².